The van der Waals surface area contributed by atoms with Crippen LogP contribution in [0.3, 0.4) is 0 Å². The lowest BCUT2D eigenvalue weighted by molar-refractivity contribution is 0.342. The smallest absolute Gasteiger partial charge is 0.220 e. The van der Waals surface area contributed by atoms with Gasteiger partial charge in [-0.25, -0.2) is 9.97 Å². The van der Waals surface area contributed by atoms with Crippen molar-refractivity contribution in [3.63, 3.8) is 0 Å². The van der Waals surface area contributed by atoms with Gasteiger partial charge in [-0.1, -0.05) is 0 Å². The third-order valence-corrected chi connectivity index (χ3v) is 2.04. The average molecular weight is 165 g/mol. The lowest BCUT2D eigenvalue weighted by Gasteiger charge is -2.04. The molecular weight excluding hydrogens is 154 g/mol. The van der Waals surface area contributed by atoms with E-state index in [4.69, 9.17) is 4.74 Å². The lowest BCUT2D eigenvalue weighted by atomic mass is 10.3. The minimum absolute atomic E-state index is 0.712. The van der Waals surface area contributed by atoms with Crippen LogP contribution in [-0.2, 0) is 13.1 Å². The summed E-state index contributed by atoms with van der Waals surface area (Å²) in [5.74, 6) is 0.712. The summed E-state index contributed by atoms with van der Waals surface area (Å²) in [6.45, 7) is 1.79. The van der Waals surface area contributed by atoms with Gasteiger partial charge in [-0.05, 0) is 7.05 Å². The van der Waals surface area contributed by atoms with Crippen molar-refractivity contribution in [2.45, 2.75) is 13.1 Å². The maximum atomic E-state index is 5.13. The molecule has 0 fully saturated rings. The zero-order valence-corrected chi connectivity index (χ0v) is 7.24. The monoisotopic (exact) mass is 165 g/mol. The Morgan fingerprint density at radius 2 is 2.25 bits per heavy atom. The van der Waals surface area contributed by atoms with Gasteiger partial charge in [0.05, 0.1) is 18.4 Å². The number of aromatic nitrogens is 2. The van der Waals surface area contributed by atoms with Crippen LogP contribution in [0.4, 0.5) is 0 Å². The van der Waals surface area contributed by atoms with E-state index in [-0.39, 0.29) is 0 Å². The highest BCUT2D eigenvalue weighted by Gasteiger charge is 2.21. The second kappa shape index (κ2) is 2.71. The van der Waals surface area contributed by atoms with Crippen molar-refractivity contribution in [2.24, 2.45) is 0 Å². The average Bonchev–Trinajstić information content (AvgIpc) is 2.44. The molecule has 0 atom stereocenters. The van der Waals surface area contributed by atoms with E-state index in [0.29, 0.717) is 5.88 Å². The molecule has 0 spiro atoms. The molecule has 12 heavy (non-hydrogen) atoms. The third kappa shape index (κ3) is 1.04. The van der Waals surface area contributed by atoms with E-state index in [2.05, 4.69) is 21.9 Å². The van der Waals surface area contributed by atoms with E-state index in [1.54, 1.807) is 13.4 Å². The van der Waals surface area contributed by atoms with Crippen LogP contribution in [0.2, 0.25) is 0 Å². The lowest BCUT2D eigenvalue weighted by Crippen LogP contribution is -2.07. The number of methoxy groups -OCH3 is 1. The van der Waals surface area contributed by atoms with Crippen LogP contribution in [0.15, 0.2) is 6.33 Å². The molecule has 1 aliphatic rings. The van der Waals surface area contributed by atoms with E-state index in [1.807, 2.05) is 0 Å². The summed E-state index contributed by atoms with van der Waals surface area (Å²) in [7, 11) is 3.70. The summed E-state index contributed by atoms with van der Waals surface area (Å²) >= 11 is 0. The van der Waals surface area contributed by atoms with Crippen LogP contribution in [0, 0.1) is 0 Å². The normalized spacial score (nSPS) is 16.2. The molecule has 1 aromatic heterocycles. The molecular formula is C8H11N3O. The first-order valence-electron chi connectivity index (χ1n) is 3.86. The predicted octanol–water partition coefficient (Wildman–Crippen LogP) is 0.431. The Hall–Kier alpha value is -1.16. The van der Waals surface area contributed by atoms with Crippen molar-refractivity contribution in [3.8, 4) is 5.88 Å². The number of nitrogens with zero attached hydrogens (tertiary/aromatic N) is 3. The van der Waals surface area contributed by atoms with Crippen molar-refractivity contribution in [1.82, 2.24) is 14.9 Å². The maximum absolute atomic E-state index is 5.13. The topological polar surface area (TPSA) is 38.3 Å². The van der Waals surface area contributed by atoms with Gasteiger partial charge >= 0.3 is 0 Å². The molecule has 0 saturated heterocycles. The second-order valence-electron chi connectivity index (χ2n) is 2.98. The predicted molar refractivity (Wildman–Crippen MR) is 43.8 cm³/mol. The molecule has 1 aliphatic heterocycles. The highest BCUT2D eigenvalue weighted by atomic mass is 16.5. The van der Waals surface area contributed by atoms with Crippen molar-refractivity contribution in [2.75, 3.05) is 14.2 Å². The van der Waals surface area contributed by atoms with Gasteiger partial charge in [-0.3, -0.25) is 4.90 Å². The molecule has 2 heterocycles. The molecule has 64 valence electrons. The Bertz CT molecular complexity index is 300. The van der Waals surface area contributed by atoms with Gasteiger partial charge in [0.15, 0.2) is 0 Å². The first kappa shape index (κ1) is 7.49. The van der Waals surface area contributed by atoms with E-state index < -0.39 is 0 Å². The SMILES string of the molecule is COc1ncnc2c1CN(C)C2. The van der Waals surface area contributed by atoms with Crippen LogP contribution in [-0.4, -0.2) is 29.0 Å². The molecule has 0 aromatic carbocycles. The van der Waals surface area contributed by atoms with Crippen LogP contribution < -0.4 is 4.74 Å². The van der Waals surface area contributed by atoms with E-state index >= 15 is 0 Å². The summed E-state index contributed by atoms with van der Waals surface area (Å²) in [6.07, 6.45) is 1.55. The number of hydrogen-bond acceptors (Lipinski definition) is 4. The Labute approximate surface area is 71.2 Å². The zero-order valence-electron chi connectivity index (χ0n) is 7.24. The molecule has 0 saturated carbocycles. The first-order chi connectivity index (χ1) is 5.81. The van der Waals surface area contributed by atoms with Gasteiger partial charge in [0.2, 0.25) is 5.88 Å². The molecule has 0 N–H and O–H groups in total. The molecule has 0 unspecified atom stereocenters. The number of fused-ring (bicyclic) bond motifs is 1. The fourth-order valence-corrected chi connectivity index (χ4v) is 1.48. The highest BCUT2D eigenvalue weighted by molar-refractivity contribution is 5.32. The molecule has 4 heteroatoms. The Kier molecular flexibility index (Phi) is 1.69. The first-order valence-corrected chi connectivity index (χ1v) is 3.86. The summed E-state index contributed by atoms with van der Waals surface area (Å²) < 4.78 is 5.13. The fourth-order valence-electron chi connectivity index (χ4n) is 1.48. The number of rotatable bonds is 1. The Balaban J connectivity index is 2.44. The maximum Gasteiger partial charge on any atom is 0.220 e. The molecule has 0 bridgehead atoms. The van der Waals surface area contributed by atoms with Crippen molar-refractivity contribution in [1.29, 1.82) is 0 Å². The minimum Gasteiger partial charge on any atom is -0.481 e. The molecule has 2 rings (SSSR count). The van der Waals surface area contributed by atoms with E-state index in [0.717, 1.165) is 24.3 Å². The van der Waals surface area contributed by atoms with Gasteiger partial charge in [-0.15, -0.1) is 0 Å². The largest absolute Gasteiger partial charge is 0.481 e. The standard InChI is InChI=1S/C8H11N3O/c1-11-3-6-7(4-11)9-5-10-8(6)12-2/h5H,3-4H2,1-2H3. The minimum atomic E-state index is 0.712. The molecule has 1 aromatic rings. The highest BCUT2D eigenvalue weighted by Crippen LogP contribution is 2.25. The van der Waals surface area contributed by atoms with Gasteiger partial charge in [0, 0.05) is 13.1 Å². The van der Waals surface area contributed by atoms with Gasteiger partial charge in [0.25, 0.3) is 0 Å². The van der Waals surface area contributed by atoms with Crippen LogP contribution in [0.5, 0.6) is 5.88 Å². The Morgan fingerprint density at radius 1 is 1.42 bits per heavy atom. The van der Waals surface area contributed by atoms with Crippen LogP contribution >= 0.6 is 0 Å². The van der Waals surface area contributed by atoms with Crippen molar-refractivity contribution < 1.29 is 4.74 Å². The van der Waals surface area contributed by atoms with Gasteiger partial charge < -0.3 is 4.74 Å². The number of ether oxygens (including phenoxy) is 1. The summed E-state index contributed by atoms with van der Waals surface area (Å²) in [6, 6.07) is 0. The third-order valence-electron chi connectivity index (χ3n) is 2.04. The van der Waals surface area contributed by atoms with Crippen molar-refractivity contribution >= 4 is 0 Å². The van der Waals surface area contributed by atoms with Gasteiger partial charge in [0.1, 0.15) is 6.33 Å². The van der Waals surface area contributed by atoms with Crippen LogP contribution in [0.1, 0.15) is 11.3 Å². The zero-order chi connectivity index (χ0) is 8.55. The molecule has 0 amide bonds. The van der Waals surface area contributed by atoms with E-state index in [1.165, 1.54) is 0 Å². The summed E-state index contributed by atoms with van der Waals surface area (Å²) in [4.78, 5) is 10.4. The molecule has 0 radical (unpaired) electrons. The summed E-state index contributed by atoms with van der Waals surface area (Å²) in [5, 5.41) is 0. The van der Waals surface area contributed by atoms with Crippen LogP contribution in [0.25, 0.3) is 0 Å². The fraction of sp³-hybridized carbons (Fsp3) is 0.500. The van der Waals surface area contributed by atoms with Gasteiger partial charge in [-0.2, -0.15) is 0 Å². The quantitative estimate of drug-likeness (QED) is 0.605. The Morgan fingerprint density at radius 3 is 3.00 bits per heavy atom. The van der Waals surface area contributed by atoms with E-state index in [9.17, 15) is 0 Å². The number of hydrogen-bond donors (Lipinski definition) is 0. The second-order valence-corrected chi connectivity index (χ2v) is 2.98. The summed E-state index contributed by atoms with van der Waals surface area (Å²) in [5.41, 5.74) is 2.21. The molecule has 4 nitrogen and oxygen atoms in total. The van der Waals surface area contributed by atoms with Crippen molar-refractivity contribution in [3.05, 3.63) is 17.6 Å². The molecule has 0 aliphatic carbocycles.